The van der Waals surface area contributed by atoms with Crippen LogP contribution < -0.4 is 9.04 Å². The van der Waals surface area contributed by atoms with Gasteiger partial charge in [0.25, 0.3) is 0 Å². The maximum Gasteiger partial charge on any atom is 0.121 e. The summed E-state index contributed by atoms with van der Waals surface area (Å²) in [6.45, 7) is 9.27. The molecule has 0 radical (unpaired) electrons. The molecule has 1 aromatic carbocycles. The minimum atomic E-state index is 0.775. The lowest BCUT2D eigenvalue weighted by Gasteiger charge is -2.17. The molecule has 19 heavy (non-hydrogen) atoms. The van der Waals surface area contributed by atoms with Crippen LogP contribution in [0.2, 0.25) is 0 Å². The van der Waals surface area contributed by atoms with Crippen LogP contribution in [0.25, 0.3) is 0 Å². The quantitative estimate of drug-likeness (QED) is 0.721. The Kier molecular flexibility index (Phi) is 6.56. The zero-order chi connectivity index (χ0) is 14.4. The molecule has 1 aliphatic carbocycles. The van der Waals surface area contributed by atoms with E-state index in [2.05, 4.69) is 49.7 Å². The number of benzene rings is 1. The highest BCUT2D eigenvalue weighted by Crippen LogP contribution is 2.38. The van der Waals surface area contributed by atoms with Gasteiger partial charge < -0.3 is 9.04 Å². The highest BCUT2D eigenvalue weighted by atomic mass is 32.2. The van der Waals surface area contributed by atoms with Crippen molar-refractivity contribution in [1.82, 2.24) is 0 Å². The number of hydrogen-bond donors (Lipinski definition) is 0. The van der Waals surface area contributed by atoms with E-state index in [-0.39, 0.29) is 0 Å². The van der Waals surface area contributed by atoms with Crippen molar-refractivity contribution in [1.29, 1.82) is 0 Å². The number of hydrogen-bond acceptors (Lipinski definition) is 3. The van der Waals surface area contributed by atoms with E-state index >= 15 is 0 Å². The fourth-order valence-corrected chi connectivity index (χ4v) is 2.25. The summed E-state index contributed by atoms with van der Waals surface area (Å²) in [7, 11) is 2.08. The highest BCUT2D eigenvalue weighted by molar-refractivity contribution is 7.99. The van der Waals surface area contributed by atoms with Crippen molar-refractivity contribution in [2.45, 2.75) is 34.1 Å². The zero-order valence-electron chi connectivity index (χ0n) is 13.1. The van der Waals surface area contributed by atoms with Crippen LogP contribution in [0.1, 0.15) is 32.8 Å². The van der Waals surface area contributed by atoms with Crippen LogP contribution in [0.5, 0.6) is 5.75 Å². The van der Waals surface area contributed by atoms with E-state index in [1.54, 1.807) is 11.9 Å². The second kappa shape index (κ2) is 7.68. The molecule has 0 saturated heterocycles. The zero-order valence-corrected chi connectivity index (χ0v) is 13.9. The lowest BCUT2D eigenvalue weighted by molar-refractivity contribution is 0.293. The molecule has 2 nitrogen and oxygen atoms in total. The summed E-state index contributed by atoms with van der Waals surface area (Å²) in [5.41, 5.74) is 2.46. The first-order chi connectivity index (χ1) is 9.10. The maximum absolute atomic E-state index is 5.88. The van der Waals surface area contributed by atoms with Gasteiger partial charge in [-0.1, -0.05) is 32.7 Å². The van der Waals surface area contributed by atoms with E-state index < -0.39 is 0 Å². The van der Waals surface area contributed by atoms with Gasteiger partial charge in [0.05, 0.1) is 12.3 Å². The minimum absolute atomic E-state index is 0.775. The second-order valence-corrected chi connectivity index (χ2v) is 5.88. The molecule has 3 heteroatoms. The van der Waals surface area contributed by atoms with Crippen molar-refractivity contribution in [2.24, 2.45) is 11.8 Å². The van der Waals surface area contributed by atoms with E-state index in [1.165, 1.54) is 17.7 Å². The molecule has 0 aliphatic heterocycles. The third kappa shape index (κ3) is 4.98. The van der Waals surface area contributed by atoms with Gasteiger partial charge >= 0.3 is 0 Å². The molecule has 0 bridgehead atoms. The fourth-order valence-electron chi connectivity index (χ4n) is 1.93. The van der Waals surface area contributed by atoms with Gasteiger partial charge in [-0.25, -0.2) is 0 Å². The van der Waals surface area contributed by atoms with E-state index in [0.717, 1.165) is 24.2 Å². The first kappa shape index (κ1) is 16.2. The van der Waals surface area contributed by atoms with Crippen molar-refractivity contribution in [3.05, 3.63) is 23.8 Å². The molecule has 1 saturated carbocycles. The normalized spacial score (nSPS) is 20.3. The van der Waals surface area contributed by atoms with Crippen molar-refractivity contribution in [2.75, 3.05) is 24.2 Å². The monoisotopic (exact) mass is 281 g/mol. The first-order valence-electron chi connectivity index (χ1n) is 7.12. The molecule has 1 aromatic rings. The van der Waals surface area contributed by atoms with Crippen LogP contribution in [-0.4, -0.2) is 19.9 Å². The Morgan fingerprint density at radius 2 is 1.95 bits per heavy atom. The van der Waals surface area contributed by atoms with Crippen LogP contribution >= 0.6 is 11.9 Å². The van der Waals surface area contributed by atoms with E-state index in [9.17, 15) is 0 Å². The SMILES string of the molecule is CC.CSN(C)c1cc(C)cc(OCC2CC2C)c1. The standard InChI is InChI=1S/C14H21NOS.C2H6/c1-10-5-13(15(3)17-4)8-14(6-10)16-9-12-7-11(12)2;1-2/h5-6,8,11-12H,7,9H2,1-4H3;1-2H3. The average molecular weight is 281 g/mol. The molecule has 1 aliphatic rings. The average Bonchev–Trinajstić information content (AvgIpc) is 3.13. The first-order valence-corrected chi connectivity index (χ1v) is 8.30. The molecule has 0 spiro atoms. The third-order valence-corrected chi connectivity index (χ3v) is 4.17. The van der Waals surface area contributed by atoms with Gasteiger partial charge in [-0.05, 0) is 42.9 Å². The van der Waals surface area contributed by atoms with E-state index in [1.807, 2.05) is 13.8 Å². The molecule has 0 N–H and O–H groups in total. The number of aryl methyl sites for hydroxylation is 1. The van der Waals surface area contributed by atoms with Crippen molar-refractivity contribution < 1.29 is 4.74 Å². The van der Waals surface area contributed by atoms with Gasteiger partial charge in [0.1, 0.15) is 5.75 Å². The van der Waals surface area contributed by atoms with Crippen molar-refractivity contribution >= 4 is 17.6 Å². The maximum atomic E-state index is 5.88. The smallest absolute Gasteiger partial charge is 0.121 e. The lowest BCUT2D eigenvalue weighted by atomic mass is 10.2. The number of nitrogens with zero attached hydrogens (tertiary/aromatic N) is 1. The fraction of sp³-hybridized carbons (Fsp3) is 0.625. The summed E-state index contributed by atoms with van der Waals surface area (Å²) in [5.74, 6) is 2.63. The minimum Gasteiger partial charge on any atom is -0.493 e. The summed E-state index contributed by atoms with van der Waals surface area (Å²) < 4.78 is 8.03. The molecule has 0 amide bonds. The predicted octanol–water partition coefficient (Wildman–Crippen LogP) is 4.77. The lowest BCUT2D eigenvalue weighted by Crippen LogP contribution is -2.06. The highest BCUT2D eigenvalue weighted by Gasteiger charge is 2.32. The van der Waals surface area contributed by atoms with E-state index in [4.69, 9.17) is 4.74 Å². The Hall–Kier alpha value is -0.830. The Morgan fingerprint density at radius 1 is 1.32 bits per heavy atom. The van der Waals surface area contributed by atoms with Gasteiger partial charge in [0.2, 0.25) is 0 Å². The van der Waals surface area contributed by atoms with E-state index in [0.29, 0.717) is 0 Å². The molecular weight excluding hydrogens is 254 g/mol. The van der Waals surface area contributed by atoms with Gasteiger partial charge in [0.15, 0.2) is 0 Å². The van der Waals surface area contributed by atoms with Crippen LogP contribution in [0, 0.1) is 18.8 Å². The largest absolute Gasteiger partial charge is 0.493 e. The topological polar surface area (TPSA) is 12.5 Å². The molecule has 0 aromatic heterocycles. The van der Waals surface area contributed by atoms with Gasteiger partial charge in [-0.15, -0.1) is 0 Å². The van der Waals surface area contributed by atoms with Gasteiger partial charge in [-0.3, -0.25) is 0 Å². The Bertz CT molecular complexity index is 394. The summed E-state index contributed by atoms with van der Waals surface area (Å²) in [5, 5.41) is 0. The summed E-state index contributed by atoms with van der Waals surface area (Å²) >= 11 is 1.71. The van der Waals surface area contributed by atoms with Crippen LogP contribution in [0.4, 0.5) is 5.69 Å². The molecule has 2 rings (SSSR count). The van der Waals surface area contributed by atoms with Crippen LogP contribution in [0.15, 0.2) is 18.2 Å². The number of ether oxygens (including phenoxy) is 1. The van der Waals surface area contributed by atoms with Crippen molar-refractivity contribution in [3.63, 3.8) is 0 Å². The van der Waals surface area contributed by atoms with Crippen LogP contribution in [0.3, 0.4) is 0 Å². The Morgan fingerprint density at radius 3 is 2.47 bits per heavy atom. The summed E-state index contributed by atoms with van der Waals surface area (Å²) in [6.07, 6.45) is 3.40. The predicted molar refractivity (Wildman–Crippen MR) is 87.2 cm³/mol. The molecule has 2 atom stereocenters. The molecule has 108 valence electrons. The molecular formula is C16H27NOS. The second-order valence-electron chi connectivity index (χ2n) is 4.97. The Balaban J connectivity index is 0.000000861. The molecule has 1 fully saturated rings. The van der Waals surface area contributed by atoms with Gasteiger partial charge in [-0.2, -0.15) is 0 Å². The molecule has 2 unspecified atom stereocenters. The number of rotatable bonds is 5. The van der Waals surface area contributed by atoms with Gasteiger partial charge in [0, 0.05) is 19.4 Å². The summed E-state index contributed by atoms with van der Waals surface area (Å²) in [6, 6.07) is 6.42. The van der Waals surface area contributed by atoms with Crippen LogP contribution in [-0.2, 0) is 0 Å². The number of anilines is 1. The molecule has 0 heterocycles. The third-order valence-electron chi connectivity index (χ3n) is 3.41. The van der Waals surface area contributed by atoms with Crippen molar-refractivity contribution in [3.8, 4) is 5.75 Å². The Labute approximate surface area is 122 Å². The summed E-state index contributed by atoms with van der Waals surface area (Å²) in [4.78, 5) is 0.